The van der Waals surface area contributed by atoms with E-state index in [0.29, 0.717) is 6.42 Å². The molecular weight excluding hydrogens is 385 g/mol. The average molecular weight is 439 g/mol. The first-order valence-corrected chi connectivity index (χ1v) is 13.7. The number of unbranched alkanes of at least 4 members (excludes halogenated alkanes) is 13. The van der Waals surface area contributed by atoms with Crippen LogP contribution in [0.1, 0.15) is 110 Å². The molecule has 0 spiro atoms. The highest BCUT2D eigenvalue weighted by atomic mass is 31.2. The Kier molecular flexibility index (Phi) is 21.6. The van der Waals surface area contributed by atoms with Crippen LogP contribution in [-0.4, -0.2) is 59.3 Å². The van der Waals surface area contributed by atoms with Gasteiger partial charge >= 0.3 is 7.60 Å². The van der Waals surface area contributed by atoms with Crippen molar-refractivity contribution in [1.29, 1.82) is 0 Å². The lowest BCUT2D eigenvalue weighted by molar-refractivity contribution is -0.870. The van der Waals surface area contributed by atoms with E-state index in [4.69, 9.17) is 14.9 Å². The van der Waals surface area contributed by atoms with Gasteiger partial charge in [0.05, 0.1) is 33.4 Å². The molecule has 0 radical (unpaired) electrons. The molecule has 0 fully saturated rings. The van der Waals surface area contributed by atoms with Crippen molar-refractivity contribution in [3.8, 4) is 0 Å². The maximum absolute atomic E-state index is 11.0. The van der Waals surface area contributed by atoms with Gasteiger partial charge in [-0.2, -0.15) is 0 Å². The zero-order valence-corrected chi connectivity index (χ0v) is 21.1. The first-order chi connectivity index (χ1) is 13.5. The number of hydrogen-bond donors (Lipinski definition) is 3. The molecule has 1 unspecified atom stereocenters. The van der Waals surface area contributed by atoms with Gasteiger partial charge in [0, 0.05) is 0 Å². The van der Waals surface area contributed by atoms with E-state index in [2.05, 4.69) is 28.1 Å². The first-order valence-electron chi connectivity index (χ1n) is 12.0. The monoisotopic (exact) mass is 438 g/mol. The molecule has 5 nitrogen and oxygen atoms in total. The fourth-order valence-corrected chi connectivity index (χ4v) is 3.62. The second kappa shape index (κ2) is 20.0. The lowest BCUT2D eigenvalue weighted by Gasteiger charge is -2.21. The number of hydrogen-bond acceptors (Lipinski definition) is 2. The van der Waals surface area contributed by atoms with E-state index in [1.54, 1.807) is 6.92 Å². The van der Waals surface area contributed by atoms with Crippen LogP contribution in [0.25, 0.3) is 0 Å². The molecule has 0 bridgehead atoms. The van der Waals surface area contributed by atoms with Crippen LogP contribution in [0.4, 0.5) is 0 Å². The molecule has 0 aliphatic heterocycles. The largest absolute Gasteiger partial charge is 0.391 e. The van der Waals surface area contributed by atoms with Crippen LogP contribution >= 0.6 is 7.60 Å². The zero-order chi connectivity index (χ0) is 22.6. The molecule has 1 atom stereocenters. The molecule has 3 N–H and O–H groups in total. The topological polar surface area (TPSA) is 77.8 Å². The standard InChI is InChI=1S/C18H39O3P.C5H14NO/c1-3-4-5-6-7-8-9-10-11-12-13-14-15-16-17-18(2)22(19,20)21;1-6(2,3)4-5-7/h18H,3-17H2,1-2H3,(H2,19,20,21);7H,4-5H2,1-3H3/q;+1. The van der Waals surface area contributed by atoms with Gasteiger partial charge < -0.3 is 19.4 Å². The summed E-state index contributed by atoms with van der Waals surface area (Å²) in [4.78, 5) is 18.0. The van der Waals surface area contributed by atoms with Crippen LogP contribution in [0.15, 0.2) is 0 Å². The van der Waals surface area contributed by atoms with E-state index in [9.17, 15) is 4.57 Å². The van der Waals surface area contributed by atoms with Crippen molar-refractivity contribution in [3.05, 3.63) is 0 Å². The van der Waals surface area contributed by atoms with Gasteiger partial charge in [-0.25, -0.2) is 0 Å². The third kappa shape index (κ3) is 28.1. The minimum Gasteiger partial charge on any atom is -0.391 e. The van der Waals surface area contributed by atoms with Crippen molar-refractivity contribution >= 4 is 7.60 Å². The number of likely N-dealkylation sites (N-methyl/N-ethyl adjacent to an activating group) is 1. The molecule has 178 valence electrons. The van der Waals surface area contributed by atoms with Crippen molar-refractivity contribution in [2.24, 2.45) is 0 Å². The molecule has 0 aliphatic rings. The third-order valence-corrected chi connectivity index (χ3v) is 6.73. The minimum absolute atomic E-state index is 0.281. The van der Waals surface area contributed by atoms with Gasteiger partial charge in [0.25, 0.3) is 0 Å². The molecule has 0 aliphatic carbocycles. The fraction of sp³-hybridized carbons (Fsp3) is 1.00. The second-order valence-electron chi connectivity index (χ2n) is 9.56. The number of rotatable bonds is 18. The molecule has 29 heavy (non-hydrogen) atoms. The Bertz CT molecular complexity index is 380. The Hall–Kier alpha value is 0.0700. The number of aliphatic hydroxyl groups is 1. The Labute approximate surface area is 182 Å². The van der Waals surface area contributed by atoms with Gasteiger partial charge in [0.15, 0.2) is 0 Å². The summed E-state index contributed by atoms with van der Waals surface area (Å²) in [6.45, 7) is 5.03. The smallest absolute Gasteiger partial charge is 0.328 e. The third-order valence-electron chi connectivity index (χ3n) is 5.32. The van der Waals surface area contributed by atoms with Crippen LogP contribution in [0.3, 0.4) is 0 Å². The SMILES string of the molecule is CCCCCCCCCCCCCCCCC(C)P(=O)(O)O.C[N+](C)(C)CCO. The molecule has 0 amide bonds. The second-order valence-corrected chi connectivity index (χ2v) is 11.6. The molecular formula is C23H53NO4P+. The predicted molar refractivity (Wildman–Crippen MR) is 126 cm³/mol. The van der Waals surface area contributed by atoms with E-state index in [-0.39, 0.29) is 6.61 Å². The van der Waals surface area contributed by atoms with Crippen LogP contribution in [-0.2, 0) is 4.57 Å². The number of nitrogens with zero attached hydrogens (tertiary/aromatic N) is 1. The quantitative estimate of drug-likeness (QED) is 0.137. The first kappa shape index (κ1) is 31.3. The Morgan fingerprint density at radius 1 is 0.724 bits per heavy atom. The molecule has 6 heteroatoms. The summed E-state index contributed by atoms with van der Waals surface area (Å²) < 4.78 is 11.8. The summed E-state index contributed by atoms with van der Waals surface area (Å²) in [6, 6.07) is 0. The molecule has 0 aromatic heterocycles. The highest BCUT2D eigenvalue weighted by Crippen LogP contribution is 2.43. The highest BCUT2D eigenvalue weighted by Gasteiger charge is 2.22. The van der Waals surface area contributed by atoms with E-state index >= 15 is 0 Å². The average Bonchev–Trinajstić information content (AvgIpc) is 2.60. The van der Waals surface area contributed by atoms with Crippen LogP contribution in [0.5, 0.6) is 0 Å². The molecule has 0 saturated heterocycles. The lowest BCUT2D eigenvalue weighted by Crippen LogP contribution is -2.36. The summed E-state index contributed by atoms with van der Waals surface area (Å²) in [7, 11) is 2.31. The Morgan fingerprint density at radius 2 is 1.07 bits per heavy atom. The number of aliphatic hydroxyl groups excluding tert-OH is 1. The lowest BCUT2D eigenvalue weighted by atomic mass is 10.0. The molecule has 0 rings (SSSR count). The van der Waals surface area contributed by atoms with Gasteiger partial charge in [-0.1, -0.05) is 104 Å². The molecule has 0 saturated carbocycles. The highest BCUT2D eigenvalue weighted by molar-refractivity contribution is 7.52. The Morgan fingerprint density at radius 3 is 1.31 bits per heavy atom. The predicted octanol–water partition coefficient (Wildman–Crippen LogP) is 6.11. The van der Waals surface area contributed by atoms with Crippen molar-refractivity contribution in [1.82, 2.24) is 0 Å². The zero-order valence-electron chi connectivity index (χ0n) is 20.2. The van der Waals surface area contributed by atoms with Crippen molar-refractivity contribution < 1.29 is 23.9 Å². The van der Waals surface area contributed by atoms with Gasteiger partial charge in [0.1, 0.15) is 6.54 Å². The molecule has 0 aromatic carbocycles. The van der Waals surface area contributed by atoms with Gasteiger partial charge in [0.2, 0.25) is 0 Å². The summed E-state index contributed by atoms with van der Waals surface area (Å²) >= 11 is 0. The molecule has 0 aromatic rings. The van der Waals surface area contributed by atoms with Crippen LogP contribution in [0.2, 0.25) is 0 Å². The van der Waals surface area contributed by atoms with Crippen molar-refractivity contribution in [2.75, 3.05) is 34.3 Å². The molecule has 0 heterocycles. The van der Waals surface area contributed by atoms with E-state index in [1.165, 1.54) is 77.0 Å². The summed E-state index contributed by atoms with van der Waals surface area (Å²) in [5, 5.41) is 8.39. The van der Waals surface area contributed by atoms with E-state index in [0.717, 1.165) is 23.9 Å². The van der Waals surface area contributed by atoms with Crippen LogP contribution in [0, 0.1) is 0 Å². The van der Waals surface area contributed by atoms with Gasteiger partial charge in [-0.3, -0.25) is 4.57 Å². The summed E-state index contributed by atoms with van der Waals surface area (Å²) in [5.41, 5.74) is -0.468. The van der Waals surface area contributed by atoms with E-state index in [1.807, 2.05) is 0 Å². The normalized spacial score (nSPS) is 13.1. The minimum atomic E-state index is -3.84. The van der Waals surface area contributed by atoms with Gasteiger partial charge in [-0.15, -0.1) is 0 Å². The van der Waals surface area contributed by atoms with E-state index < -0.39 is 13.3 Å². The van der Waals surface area contributed by atoms with Gasteiger partial charge in [-0.05, 0) is 6.42 Å². The Balaban J connectivity index is 0. The van der Waals surface area contributed by atoms with Crippen molar-refractivity contribution in [3.63, 3.8) is 0 Å². The number of quaternary nitrogens is 1. The fourth-order valence-electron chi connectivity index (χ4n) is 3.10. The van der Waals surface area contributed by atoms with Crippen LogP contribution < -0.4 is 0 Å². The summed E-state index contributed by atoms with van der Waals surface area (Å²) in [6.07, 6.45) is 19.0. The maximum atomic E-state index is 11.0. The summed E-state index contributed by atoms with van der Waals surface area (Å²) in [5.74, 6) is 0. The maximum Gasteiger partial charge on any atom is 0.328 e. The van der Waals surface area contributed by atoms with Crippen molar-refractivity contribution in [2.45, 2.75) is 116 Å².